The number of hydrogen-bond donors (Lipinski definition) is 2. The number of fused-ring (bicyclic) bond motifs is 1. The highest BCUT2D eigenvalue weighted by Gasteiger charge is 2.28. The lowest BCUT2D eigenvalue weighted by atomic mass is 10.1. The molecule has 2 heterocycles. The molecule has 3 aromatic rings. The summed E-state index contributed by atoms with van der Waals surface area (Å²) in [7, 11) is 1.75. The molecule has 2 N–H and O–H groups in total. The molecule has 3 aromatic carbocycles. The maximum Gasteiger partial charge on any atom is 0.261 e. The third kappa shape index (κ3) is 5.25. The second kappa shape index (κ2) is 11.0. The van der Waals surface area contributed by atoms with Gasteiger partial charge in [-0.2, -0.15) is 0 Å². The summed E-state index contributed by atoms with van der Waals surface area (Å²) in [4.78, 5) is 19.6. The van der Waals surface area contributed by atoms with Crippen LogP contribution in [0.5, 0.6) is 0 Å². The minimum absolute atomic E-state index is 0.142. The molecule has 0 atom stereocenters. The van der Waals surface area contributed by atoms with Crippen LogP contribution in [0.3, 0.4) is 0 Å². The molecule has 1 fully saturated rings. The molecule has 1 saturated heterocycles. The van der Waals surface area contributed by atoms with E-state index in [1.54, 1.807) is 30.2 Å². The number of benzene rings is 3. The van der Waals surface area contributed by atoms with Gasteiger partial charge in [-0.15, -0.1) is 0 Å². The first kappa shape index (κ1) is 24.7. The highest BCUT2D eigenvalue weighted by atomic mass is 35.5. The Morgan fingerprint density at radius 1 is 0.944 bits per heavy atom. The number of rotatable bonds is 7. The Morgan fingerprint density at radius 2 is 1.64 bits per heavy atom. The van der Waals surface area contributed by atoms with E-state index in [0.717, 1.165) is 56.4 Å². The number of para-hydroxylation sites is 1. The number of piperazine rings is 1. The Morgan fingerprint density at radius 3 is 2.33 bits per heavy atom. The fourth-order valence-electron chi connectivity index (χ4n) is 4.64. The van der Waals surface area contributed by atoms with Crippen molar-refractivity contribution < 1.29 is 9.53 Å². The molecule has 5 rings (SSSR count). The number of anilines is 5. The van der Waals surface area contributed by atoms with Crippen LogP contribution >= 0.6 is 23.2 Å². The molecule has 0 saturated carbocycles. The molecule has 9 heteroatoms. The molecule has 2 aliphatic heterocycles. The second-order valence-corrected chi connectivity index (χ2v) is 9.71. The topological polar surface area (TPSA) is 60.1 Å². The van der Waals surface area contributed by atoms with Gasteiger partial charge in [-0.3, -0.25) is 14.6 Å². The molecule has 0 unspecified atom stereocenters. The zero-order valence-corrected chi connectivity index (χ0v) is 21.6. The smallest absolute Gasteiger partial charge is 0.261 e. The summed E-state index contributed by atoms with van der Waals surface area (Å²) in [5.74, 6) is -0.142. The first-order valence-electron chi connectivity index (χ1n) is 12.0. The molecule has 0 aromatic heterocycles. The lowest BCUT2D eigenvalue weighted by Gasteiger charge is -2.36. The Balaban J connectivity index is 1.23. The average Bonchev–Trinajstić information content (AvgIpc) is 2.89. The molecule has 0 aliphatic carbocycles. The fourth-order valence-corrected chi connectivity index (χ4v) is 5.24. The van der Waals surface area contributed by atoms with Gasteiger partial charge < -0.3 is 20.3 Å². The lowest BCUT2D eigenvalue weighted by molar-refractivity contribution is 0.0986. The van der Waals surface area contributed by atoms with Gasteiger partial charge in [-0.1, -0.05) is 29.3 Å². The summed E-state index contributed by atoms with van der Waals surface area (Å²) in [6, 6.07) is 19.4. The van der Waals surface area contributed by atoms with E-state index < -0.39 is 0 Å². The summed E-state index contributed by atoms with van der Waals surface area (Å²) in [5.41, 5.74) is 4.97. The Labute approximate surface area is 221 Å². The quantitative estimate of drug-likeness (QED) is 0.422. The number of amides is 1. The van der Waals surface area contributed by atoms with Gasteiger partial charge in [-0.05, 0) is 54.6 Å². The first-order valence-corrected chi connectivity index (χ1v) is 12.8. The highest BCUT2D eigenvalue weighted by molar-refractivity contribution is 6.40. The van der Waals surface area contributed by atoms with Gasteiger partial charge in [0, 0.05) is 56.9 Å². The number of carbonyl (C=O) groups is 1. The molecule has 7 nitrogen and oxygen atoms in total. The van der Waals surface area contributed by atoms with E-state index in [1.165, 1.54) is 5.69 Å². The van der Waals surface area contributed by atoms with Gasteiger partial charge in [0.05, 0.1) is 40.3 Å². The van der Waals surface area contributed by atoms with Crippen LogP contribution in [0.2, 0.25) is 10.0 Å². The van der Waals surface area contributed by atoms with Gasteiger partial charge in [0.1, 0.15) is 0 Å². The van der Waals surface area contributed by atoms with Crippen molar-refractivity contribution in [1.29, 1.82) is 0 Å². The molecular weight excluding hydrogens is 497 g/mol. The van der Waals surface area contributed by atoms with Crippen LogP contribution in [0.25, 0.3) is 0 Å². The Kier molecular flexibility index (Phi) is 7.53. The van der Waals surface area contributed by atoms with E-state index >= 15 is 0 Å². The van der Waals surface area contributed by atoms with Crippen molar-refractivity contribution in [3.05, 3.63) is 76.3 Å². The number of halogens is 2. The first-order chi connectivity index (χ1) is 17.5. The van der Waals surface area contributed by atoms with Crippen LogP contribution < -0.4 is 20.4 Å². The predicted molar refractivity (Wildman–Crippen MR) is 148 cm³/mol. The molecule has 0 spiro atoms. The molecule has 0 bridgehead atoms. The number of ether oxygens (including phenoxy) is 1. The Bertz CT molecular complexity index is 1210. The van der Waals surface area contributed by atoms with Crippen LogP contribution in [0, 0.1) is 0 Å². The van der Waals surface area contributed by atoms with E-state index in [0.29, 0.717) is 21.3 Å². The number of nitrogens with one attached hydrogen (secondary N) is 2. The van der Waals surface area contributed by atoms with Gasteiger partial charge in [0.25, 0.3) is 5.91 Å². The Hall–Kier alpha value is -2.97. The highest BCUT2D eigenvalue weighted by Crippen LogP contribution is 2.37. The van der Waals surface area contributed by atoms with Crippen molar-refractivity contribution in [3.8, 4) is 0 Å². The molecule has 0 radical (unpaired) electrons. The third-order valence-corrected chi connectivity index (χ3v) is 7.25. The zero-order chi connectivity index (χ0) is 25.1. The molecular formula is C27H29Cl2N5O2. The normalized spacial score (nSPS) is 16.0. The van der Waals surface area contributed by atoms with Gasteiger partial charge in [-0.25, -0.2) is 0 Å². The standard InChI is InChI=1S/C27H29Cl2N5O2/c1-36-16-15-32-11-13-33(14-12-32)21-8-5-19(6-9-21)31-20-7-10-22-25(17-20)30-18-34(27(22)35)26-23(28)3-2-4-24(26)29/h2-10,17,30-31H,11-16,18H2,1H3. The predicted octanol–water partition coefficient (Wildman–Crippen LogP) is 5.54. The van der Waals surface area contributed by atoms with Crippen LogP contribution in [0.4, 0.5) is 28.4 Å². The van der Waals surface area contributed by atoms with E-state index in [-0.39, 0.29) is 12.6 Å². The van der Waals surface area contributed by atoms with Crippen LogP contribution in [-0.4, -0.2) is 63.9 Å². The zero-order valence-electron chi connectivity index (χ0n) is 20.1. The van der Waals surface area contributed by atoms with Crippen LogP contribution in [-0.2, 0) is 4.74 Å². The van der Waals surface area contributed by atoms with Crippen molar-refractivity contribution in [3.63, 3.8) is 0 Å². The van der Waals surface area contributed by atoms with Crippen molar-refractivity contribution in [2.24, 2.45) is 0 Å². The maximum atomic E-state index is 13.2. The molecule has 1 amide bonds. The molecule has 36 heavy (non-hydrogen) atoms. The van der Waals surface area contributed by atoms with E-state index in [1.807, 2.05) is 18.2 Å². The summed E-state index contributed by atoms with van der Waals surface area (Å²) >= 11 is 12.7. The van der Waals surface area contributed by atoms with E-state index in [9.17, 15) is 4.79 Å². The maximum absolute atomic E-state index is 13.2. The van der Waals surface area contributed by atoms with Crippen molar-refractivity contribution >= 4 is 57.5 Å². The van der Waals surface area contributed by atoms with Gasteiger partial charge in [0.15, 0.2) is 0 Å². The summed E-state index contributed by atoms with van der Waals surface area (Å²) in [5, 5.41) is 7.64. The average molecular weight is 526 g/mol. The van der Waals surface area contributed by atoms with Crippen LogP contribution in [0.15, 0.2) is 60.7 Å². The van der Waals surface area contributed by atoms with E-state index in [2.05, 4.69) is 44.7 Å². The van der Waals surface area contributed by atoms with E-state index in [4.69, 9.17) is 27.9 Å². The monoisotopic (exact) mass is 525 g/mol. The summed E-state index contributed by atoms with van der Waals surface area (Å²) in [6.45, 7) is 6.16. The second-order valence-electron chi connectivity index (χ2n) is 8.89. The van der Waals surface area contributed by atoms with Crippen molar-refractivity contribution in [2.75, 3.05) is 73.5 Å². The molecule has 188 valence electrons. The minimum Gasteiger partial charge on any atom is -0.383 e. The van der Waals surface area contributed by atoms with Crippen molar-refractivity contribution in [2.45, 2.75) is 0 Å². The summed E-state index contributed by atoms with van der Waals surface area (Å²) < 4.78 is 5.19. The summed E-state index contributed by atoms with van der Waals surface area (Å²) in [6.07, 6.45) is 0. The largest absolute Gasteiger partial charge is 0.383 e. The van der Waals surface area contributed by atoms with Gasteiger partial charge in [0.2, 0.25) is 0 Å². The lowest BCUT2D eigenvalue weighted by Crippen LogP contribution is -2.47. The SMILES string of the molecule is COCCN1CCN(c2ccc(Nc3ccc4c(c3)NCN(c3c(Cl)cccc3Cl)C4=O)cc2)CC1. The fraction of sp³-hybridized carbons (Fsp3) is 0.296. The number of methoxy groups -OCH3 is 1. The van der Waals surface area contributed by atoms with Crippen molar-refractivity contribution in [1.82, 2.24) is 4.90 Å². The number of hydrogen-bond acceptors (Lipinski definition) is 6. The molecule has 2 aliphatic rings. The number of nitrogens with zero attached hydrogens (tertiary/aromatic N) is 3. The third-order valence-electron chi connectivity index (χ3n) is 6.64. The minimum atomic E-state index is -0.142. The number of carbonyl (C=O) groups excluding carboxylic acids is 1. The van der Waals surface area contributed by atoms with Crippen LogP contribution in [0.1, 0.15) is 10.4 Å². The van der Waals surface area contributed by atoms with Gasteiger partial charge >= 0.3 is 0 Å².